The van der Waals surface area contributed by atoms with Gasteiger partial charge in [0.05, 0.1) is 17.2 Å². The highest BCUT2D eigenvalue weighted by Gasteiger charge is 2.29. The van der Waals surface area contributed by atoms with E-state index in [0.717, 1.165) is 0 Å². The second kappa shape index (κ2) is 8.90. The molecule has 1 fully saturated rings. The first-order valence-corrected chi connectivity index (χ1v) is 9.78. The lowest BCUT2D eigenvalue weighted by Gasteiger charge is -2.32. The van der Waals surface area contributed by atoms with Gasteiger partial charge in [-0.1, -0.05) is 12.1 Å². The molecule has 1 aromatic heterocycles. The van der Waals surface area contributed by atoms with E-state index in [2.05, 4.69) is 25.8 Å². The van der Waals surface area contributed by atoms with Crippen LogP contribution in [-0.2, 0) is 4.79 Å². The van der Waals surface area contributed by atoms with E-state index in [9.17, 15) is 18.4 Å². The fraction of sp³-hybridized carbons (Fsp3) is 0.238. The molecule has 10 heteroatoms. The van der Waals surface area contributed by atoms with Crippen LogP contribution in [-0.4, -0.2) is 45.1 Å². The van der Waals surface area contributed by atoms with Crippen LogP contribution in [0.4, 0.5) is 25.0 Å². The highest BCUT2D eigenvalue weighted by Crippen LogP contribution is 2.25. The quantitative estimate of drug-likeness (QED) is 0.593. The number of likely N-dealkylation sites (tertiary alicyclic amines) is 1. The fourth-order valence-corrected chi connectivity index (χ4v) is 3.50. The minimum atomic E-state index is -0.527. The minimum Gasteiger partial charge on any atom is -0.326 e. The third-order valence-electron chi connectivity index (χ3n) is 5.10. The largest absolute Gasteiger partial charge is 0.326 e. The normalized spacial score (nSPS) is 16.1. The van der Waals surface area contributed by atoms with Gasteiger partial charge in [0.25, 0.3) is 0 Å². The number of nitrogens with one attached hydrogen (secondary N) is 3. The number of amides is 3. The van der Waals surface area contributed by atoms with Gasteiger partial charge in [-0.05, 0) is 43.2 Å². The van der Waals surface area contributed by atoms with Crippen LogP contribution in [0, 0.1) is 17.6 Å². The van der Waals surface area contributed by atoms with E-state index in [0.29, 0.717) is 25.1 Å². The predicted molar refractivity (Wildman–Crippen MR) is 110 cm³/mol. The molecule has 0 aliphatic carbocycles. The molecule has 3 N–H and O–H groups in total. The fourth-order valence-electron chi connectivity index (χ4n) is 3.50. The zero-order chi connectivity index (χ0) is 21.8. The zero-order valence-electron chi connectivity index (χ0n) is 16.4. The van der Waals surface area contributed by atoms with Gasteiger partial charge in [0.2, 0.25) is 5.91 Å². The molecule has 2 heterocycles. The number of hydrogen-bond donors (Lipinski definition) is 3. The molecular formula is C21H20F2N6O2. The average Bonchev–Trinajstić information content (AvgIpc) is 3.31. The predicted octanol–water partition coefficient (Wildman–Crippen LogP) is 3.63. The number of urea groups is 1. The van der Waals surface area contributed by atoms with Crippen molar-refractivity contribution in [1.29, 1.82) is 0 Å². The standard InChI is InChI=1S/C21H20F2N6O2/c22-16-8-7-14(10-15(16)19-24-12-25-28-19)26-20(30)13-4-3-9-29(11-13)21(31)27-18-6-2-1-5-17(18)23/h1-2,5-8,10,12-13H,3-4,9,11H2,(H,26,30)(H,27,31)(H,24,25,28). The van der Waals surface area contributed by atoms with E-state index >= 15 is 0 Å². The summed E-state index contributed by atoms with van der Waals surface area (Å²) in [5.41, 5.74) is 0.681. The number of carbonyl (C=O) groups is 2. The summed E-state index contributed by atoms with van der Waals surface area (Å²) in [7, 11) is 0. The topological polar surface area (TPSA) is 103 Å². The number of nitrogens with zero attached hydrogens (tertiary/aromatic N) is 3. The number of rotatable bonds is 4. The summed E-state index contributed by atoms with van der Waals surface area (Å²) in [5, 5.41) is 11.6. The molecule has 3 amide bonds. The molecule has 2 aromatic carbocycles. The van der Waals surface area contributed by atoms with Gasteiger partial charge in [-0.25, -0.2) is 18.6 Å². The summed E-state index contributed by atoms with van der Waals surface area (Å²) < 4.78 is 27.9. The lowest BCUT2D eigenvalue weighted by atomic mass is 9.97. The summed E-state index contributed by atoms with van der Waals surface area (Å²) in [6.07, 6.45) is 2.50. The molecule has 0 radical (unpaired) electrons. The second-order valence-corrected chi connectivity index (χ2v) is 7.21. The maximum Gasteiger partial charge on any atom is 0.321 e. The van der Waals surface area contributed by atoms with Crippen molar-refractivity contribution in [2.75, 3.05) is 23.7 Å². The van der Waals surface area contributed by atoms with Crippen LogP contribution in [0.2, 0.25) is 0 Å². The number of para-hydroxylation sites is 1. The van der Waals surface area contributed by atoms with E-state index in [-0.39, 0.29) is 29.5 Å². The van der Waals surface area contributed by atoms with Crippen LogP contribution >= 0.6 is 0 Å². The van der Waals surface area contributed by atoms with Crippen molar-refractivity contribution in [2.45, 2.75) is 12.8 Å². The van der Waals surface area contributed by atoms with Gasteiger partial charge < -0.3 is 15.5 Å². The van der Waals surface area contributed by atoms with Crippen LogP contribution in [0.25, 0.3) is 11.4 Å². The number of piperidine rings is 1. The van der Waals surface area contributed by atoms with Gasteiger partial charge in [0, 0.05) is 18.8 Å². The summed E-state index contributed by atoms with van der Waals surface area (Å²) in [5.74, 6) is -1.50. The SMILES string of the molecule is O=C(Nc1ccc(F)c(-c2ncn[nH]2)c1)C1CCCN(C(=O)Nc2ccccc2F)C1. The Morgan fingerprint density at radius 3 is 2.71 bits per heavy atom. The molecule has 8 nitrogen and oxygen atoms in total. The maximum atomic E-state index is 14.1. The van der Waals surface area contributed by atoms with Crippen molar-refractivity contribution in [3.8, 4) is 11.4 Å². The number of halogens is 2. The van der Waals surface area contributed by atoms with Gasteiger partial charge in [0.1, 0.15) is 18.0 Å². The molecule has 31 heavy (non-hydrogen) atoms. The molecule has 4 rings (SSSR count). The van der Waals surface area contributed by atoms with Crippen molar-refractivity contribution >= 4 is 23.3 Å². The smallest absolute Gasteiger partial charge is 0.321 e. The average molecular weight is 426 g/mol. The lowest BCUT2D eigenvalue weighted by Crippen LogP contribution is -2.45. The maximum absolute atomic E-state index is 14.1. The Hall–Kier alpha value is -3.82. The van der Waals surface area contributed by atoms with E-state index in [1.807, 2.05) is 0 Å². The Kier molecular flexibility index (Phi) is 5.87. The molecule has 1 unspecified atom stereocenters. The molecular weight excluding hydrogens is 406 g/mol. The van der Waals surface area contributed by atoms with E-state index in [1.54, 1.807) is 6.07 Å². The zero-order valence-corrected chi connectivity index (χ0v) is 16.4. The number of carbonyl (C=O) groups excluding carboxylic acids is 2. The first-order valence-electron chi connectivity index (χ1n) is 9.78. The molecule has 0 bridgehead atoms. The first kappa shape index (κ1) is 20.5. The van der Waals surface area contributed by atoms with Gasteiger partial charge in [-0.15, -0.1) is 0 Å². The Labute approximate surface area is 176 Å². The molecule has 1 aliphatic rings. The third-order valence-corrected chi connectivity index (χ3v) is 5.10. The van der Waals surface area contributed by atoms with Crippen molar-refractivity contribution in [3.05, 3.63) is 60.4 Å². The summed E-state index contributed by atoms with van der Waals surface area (Å²) in [6, 6.07) is 9.60. The Bertz CT molecular complexity index is 1090. The third kappa shape index (κ3) is 4.68. The first-order chi connectivity index (χ1) is 15.0. The van der Waals surface area contributed by atoms with Crippen LogP contribution in [0.1, 0.15) is 12.8 Å². The Morgan fingerprint density at radius 1 is 1.10 bits per heavy atom. The highest BCUT2D eigenvalue weighted by molar-refractivity contribution is 5.94. The van der Waals surface area contributed by atoms with Crippen LogP contribution in [0.15, 0.2) is 48.8 Å². The molecule has 0 spiro atoms. The second-order valence-electron chi connectivity index (χ2n) is 7.21. The monoisotopic (exact) mass is 426 g/mol. The summed E-state index contributed by atoms with van der Waals surface area (Å²) in [4.78, 5) is 30.7. The summed E-state index contributed by atoms with van der Waals surface area (Å²) in [6.45, 7) is 0.665. The molecule has 0 saturated carbocycles. The Balaban J connectivity index is 1.41. The summed E-state index contributed by atoms with van der Waals surface area (Å²) >= 11 is 0. The van der Waals surface area contributed by atoms with Gasteiger partial charge in [0.15, 0.2) is 5.82 Å². The number of aromatic amines is 1. The molecule has 3 aromatic rings. The van der Waals surface area contributed by atoms with Crippen molar-refractivity contribution in [1.82, 2.24) is 20.1 Å². The van der Waals surface area contributed by atoms with Gasteiger partial charge in [-0.2, -0.15) is 5.10 Å². The molecule has 1 saturated heterocycles. The molecule has 1 atom stereocenters. The molecule has 160 valence electrons. The van der Waals surface area contributed by atoms with E-state index in [1.165, 1.54) is 47.6 Å². The van der Waals surface area contributed by atoms with Crippen molar-refractivity contribution in [3.63, 3.8) is 0 Å². The number of aromatic nitrogens is 3. The number of anilines is 2. The number of hydrogen-bond acceptors (Lipinski definition) is 4. The minimum absolute atomic E-state index is 0.0883. The van der Waals surface area contributed by atoms with Gasteiger partial charge >= 0.3 is 6.03 Å². The van der Waals surface area contributed by atoms with Gasteiger partial charge in [-0.3, -0.25) is 9.89 Å². The van der Waals surface area contributed by atoms with E-state index in [4.69, 9.17) is 0 Å². The Morgan fingerprint density at radius 2 is 1.94 bits per heavy atom. The van der Waals surface area contributed by atoms with E-state index < -0.39 is 23.6 Å². The highest BCUT2D eigenvalue weighted by atomic mass is 19.1. The van der Waals surface area contributed by atoms with Crippen LogP contribution in [0.5, 0.6) is 0 Å². The van der Waals surface area contributed by atoms with Crippen molar-refractivity contribution < 1.29 is 18.4 Å². The van der Waals surface area contributed by atoms with Crippen LogP contribution < -0.4 is 10.6 Å². The number of benzene rings is 2. The molecule has 1 aliphatic heterocycles. The number of H-pyrrole nitrogens is 1. The lowest BCUT2D eigenvalue weighted by molar-refractivity contribution is -0.121. The van der Waals surface area contributed by atoms with Crippen molar-refractivity contribution in [2.24, 2.45) is 5.92 Å². The van der Waals surface area contributed by atoms with Crippen LogP contribution in [0.3, 0.4) is 0 Å².